The van der Waals surface area contributed by atoms with Crippen LogP contribution in [0, 0.1) is 0 Å². The number of methoxy groups -OCH3 is 1. The third-order valence-corrected chi connectivity index (χ3v) is 2.28. The minimum Gasteiger partial charge on any atom is -0.463 e. The lowest BCUT2D eigenvalue weighted by Gasteiger charge is -1.99. The Kier molecular flexibility index (Phi) is 2.59. The summed E-state index contributed by atoms with van der Waals surface area (Å²) in [5.74, 6) is -0.632. The zero-order chi connectivity index (χ0) is 10.8. The second kappa shape index (κ2) is 3.90. The molecule has 2 rings (SSSR count). The Morgan fingerprint density at radius 3 is 2.87 bits per heavy atom. The van der Waals surface area contributed by atoms with Crippen molar-refractivity contribution in [1.82, 2.24) is 15.2 Å². The molecular formula is C9H6BrN3O2. The van der Waals surface area contributed by atoms with Crippen molar-refractivity contribution in [2.45, 2.75) is 0 Å². The molecule has 6 heteroatoms. The lowest BCUT2D eigenvalue weighted by atomic mass is 10.3. The number of hydrogen-bond donors (Lipinski definition) is 0. The van der Waals surface area contributed by atoms with Gasteiger partial charge in [-0.1, -0.05) is 15.9 Å². The van der Waals surface area contributed by atoms with Crippen molar-refractivity contribution >= 4 is 32.9 Å². The SMILES string of the molecule is COC(=O)c1nnc2ccc(Br)cc2n1. The Morgan fingerprint density at radius 1 is 1.33 bits per heavy atom. The second-order valence-electron chi connectivity index (χ2n) is 2.76. The summed E-state index contributed by atoms with van der Waals surface area (Å²) < 4.78 is 5.37. The molecule has 1 aromatic carbocycles. The van der Waals surface area contributed by atoms with E-state index in [1.165, 1.54) is 7.11 Å². The summed E-state index contributed by atoms with van der Waals surface area (Å²) in [4.78, 5) is 15.2. The molecule has 0 bridgehead atoms. The van der Waals surface area contributed by atoms with E-state index in [0.717, 1.165) is 4.47 Å². The van der Waals surface area contributed by atoms with Crippen LogP contribution in [0.25, 0.3) is 11.0 Å². The minimum absolute atomic E-state index is 0.0388. The van der Waals surface area contributed by atoms with Gasteiger partial charge in [0.2, 0.25) is 0 Å². The third kappa shape index (κ3) is 1.94. The highest BCUT2D eigenvalue weighted by atomic mass is 79.9. The summed E-state index contributed by atoms with van der Waals surface area (Å²) >= 11 is 3.31. The molecule has 76 valence electrons. The molecule has 0 unspecified atom stereocenters. The molecule has 0 N–H and O–H groups in total. The minimum atomic E-state index is -0.593. The van der Waals surface area contributed by atoms with Crippen molar-refractivity contribution < 1.29 is 9.53 Å². The van der Waals surface area contributed by atoms with Gasteiger partial charge in [0.25, 0.3) is 5.82 Å². The highest BCUT2D eigenvalue weighted by molar-refractivity contribution is 9.10. The summed E-state index contributed by atoms with van der Waals surface area (Å²) in [5, 5.41) is 7.51. The van der Waals surface area contributed by atoms with Crippen molar-refractivity contribution in [3.8, 4) is 0 Å². The number of rotatable bonds is 1. The highest BCUT2D eigenvalue weighted by Gasteiger charge is 2.10. The molecule has 2 aromatic rings. The number of carbonyl (C=O) groups excluding carboxylic acids is 1. The largest absolute Gasteiger partial charge is 0.463 e. The lowest BCUT2D eigenvalue weighted by molar-refractivity contribution is 0.0586. The maximum atomic E-state index is 11.1. The van der Waals surface area contributed by atoms with Gasteiger partial charge in [-0.25, -0.2) is 9.78 Å². The molecule has 0 saturated heterocycles. The smallest absolute Gasteiger partial charge is 0.378 e. The number of aromatic nitrogens is 3. The molecule has 0 amide bonds. The molecule has 0 spiro atoms. The van der Waals surface area contributed by atoms with Gasteiger partial charge in [-0.2, -0.15) is 0 Å². The van der Waals surface area contributed by atoms with Gasteiger partial charge in [0, 0.05) is 4.47 Å². The fraction of sp³-hybridized carbons (Fsp3) is 0.111. The lowest BCUT2D eigenvalue weighted by Crippen LogP contribution is -2.08. The molecular weight excluding hydrogens is 262 g/mol. The predicted octanol–water partition coefficient (Wildman–Crippen LogP) is 1.57. The Labute approximate surface area is 93.6 Å². The van der Waals surface area contributed by atoms with Crippen LogP contribution in [-0.4, -0.2) is 28.3 Å². The normalized spacial score (nSPS) is 10.3. The van der Waals surface area contributed by atoms with Crippen LogP contribution in [0.1, 0.15) is 10.6 Å². The predicted molar refractivity (Wildman–Crippen MR) is 56.4 cm³/mol. The summed E-state index contributed by atoms with van der Waals surface area (Å²) in [5.41, 5.74) is 1.23. The van der Waals surface area contributed by atoms with E-state index in [-0.39, 0.29) is 5.82 Å². The van der Waals surface area contributed by atoms with Gasteiger partial charge >= 0.3 is 5.97 Å². The van der Waals surface area contributed by atoms with Crippen LogP contribution in [0.4, 0.5) is 0 Å². The number of fused-ring (bicyclic) bond motifs is 1. The van der Waals surface area contributed by atoms with Gasteiger partial charge in [0.1, 0.15) is 5.52 Å². The number of carbonyl (C=O) groups is 1. The topological polar surface area (TPSA) is 65.0 Å². The fourth-order valence-electron chi connectivity index (χ4n) is 1.09. The van der Waals surface area contributed by atoms with E-state index in [1.807, 2.05) is 6.07 Å². The van der Waals surface area contributed by atoms with E-state index in [2.05, 4.69) is 35.8 Å². The van der Waals surface area contributed by atoms with Crippen molar-refractivity contribution in [3.05, 3.63) is 28.5 Å². The molecule has 0 aliphatic heterocycles. The van der Waals surface area contributed by atoms with E-state index in [1.54, 1.807) is 12.1 Å². The van der Waals surface area contributed by atoms with Gasteiger partial charge in [-0.05, 0) is 18.2 Å². The summed E-state index contributed by atoms with van der Waals surface area (Å²) in [7, 11) is 1.27. The summed E-state index contributed by atoms with van der Waals surface area (Å²) in [6, 6.07) is 5.35. The average Bonchev–Trinajstić information content (AvgIpc) is 2.27. The van der Waals surface area contributed by atoms with E-state index in [4.69, 9.17) is 0 Å². The first kappa shape index (κ1) is 9.97. The summed E-state index contributed by atoms with van der Waals surface area (Å²) in [6.07, 6.45) is 0. The average molecular weight is 268 g/mol. The second-order valence-corrected chi connectivity index (χ2v) is 3.68. The van der Waals surface area contributed by atoms with Gasteiger partial charge < -0.3 is 4.74 Å². The van der Waals surface area contributed by atoms with Crippen LogP contribution >= 0.6 is 15.9 Å². The van der Waals surface area contributed by atoms with E-state index >= 15 is 0 Å². The van der Waals surface area contributed by atoms with E-state index in [9.17, 15) is 4.79 Å². The molecule has 0 saturated carbocycles. The van der Waals surface area contributed by atoms with Crippen molar-refractivity contribution in [1.29, 1.82) is 0 Å². The van der Waals surface area contributed by atoms with E-state index < -0.39 is 5.97 Å². The first-order valence-electron chi connectivity index (χ1n) is 4.09. The van der Waals surface area contributed by atoms with Gasteiger partial charge in [-0.15, -0.1) is 10.2 Å². The van der Waals surface area contributed by atoms with E-state index in [0.29, 0.717) is 11.0 Å². The Bertz CT molecular complexity index is 530. The zero-order valence-corrected chi connectivity index (χ0v) is 9.35. The number of hydrogen-bond acceptors (Lipinski definition) is 5. The van der Waals surface area contributed by atoms with Crippen LogP contribution in [0.3, 0.4) is 0 Å². The molecule has 0 aliphatic rings. The number of ether oxygens (including phenoxy) is 1. The number of esters is 1. The maximum Gasteiger partial charge on any atom is 0.378 e. The van der Waals surface area contributed by atoms with Crippen LogP contribution in [0.2, 0.25) is 0 Å². The van der Waals surface area contributed by atoms with Crippen molar-refractivity contribution in [3.63, 3.8) is 0 Å². The van der Waals surface area contributed by atoms with Gasteiger partial charge in [-0.3, -0.25) is 0 Å². The third-order valence-electron chi connectivity index (χ3n) is 1.78. The van der Waals surface area contributed by atoms with Crippen LogP contribution in [0.5, 0.6) is 0 Å². The molecule has 0 radical (unpaired) electrons. The maximum absolute atomic E-state index is 11.1. The molecule has 0 aliphatic carbocycles. The Hall–Kier alpha value is -1.56. The molecule has 5 nitrogen and oxygen atoms in total. The number of benzene rings is 1. The molecule has 0 atom stereocenters. The first-order valence-corrected chi connectivity index (χ1v) is 4.88. The number of halogens is 1. The first-order chi connectivity index (χ1) is 7.20. The van der Waals surface area contributed by atoms with Crippen LogP contribution in [0.15, 0.2) is 22.7 Å². The molecule has 1 aromatic heterocycles. The Balaban J connectivity index is 2.59. The van der Waals surface area contributed by atoms with Crippen LogP contribution in [-0.2, 0) is 4.74 Å². The molecule has 0 fully saturated rings. The quantitative estimate of drug-likeness (QED) is 0.734. The van der Waals surface area contributed by atoms with Crippen molar-refractivity contribution in [2.24, 2.45) is 0 Å². The molecule has 15 heavy (non-hydrogen) atoms. The zero-order valence-electron chi connectivity index (χ0n) is 7.77. The van der Waals surface area contributed by atoms with Crippen LogP contribution < -0.4 is 0 Å². The monoisotopic (exact) mass is 267 g/mol. The highest BCUT2D eigenvalue weighted by Crippen LogP contribution is 2.15. The molecule has 1 heterocycles. The van der Waals surface area contributed by atoms with Gasteiger partial charge in [0.05, 0.1) is 12.6 Å². The summed E-state index contributed by atoms with van der Waals surface area (Å²) in [6.45, 7) is 0. The fourth-order valence-corrected chi connectivity index (χ4v) is 1.44. The van der Waals surface area contributed by atoms with Crippen molar-refractivity contribution in [2.75, 3.05) is 7.11 Å². The Morgan fingerprint density at radius 2 is 2.13 bits per heavy atom. The standard InChI is InChI=1S/C9H6BrN3O2/c1-15-9(14)8-11-7-4-5(10)2-3-6(7)12-13-8/h2-4H,1H3. The van der Waals surface area contributed by atoms with Gasteiger partial charge in [0.15, 0.2) is 0 Å². The number of nitrogens with zero attached hydrogens (tertiary/aromatic N) is 3.